The van der Waals surface area contributed by atoms with Crippen molar-refractivity contribution in [2.24, 2.45) is 5.92 Å². The highest BCUT2D eigenvalue weighted by molar-refractivity contribution is 7.89. The molecule has 1 aromatic rings. The molecule has 0 aliphatic rings. The highest BCUT2D eigenvalue weighted by Gasteiger charge is 2.30. The molecule has 0 saturated heterocycles. The number of hydrogen-bond donors (Lipinski definition) is 0. The largest absolute Gasteiger partial charge is 0.416 e. The molecule has 0 amide bonds. The van der Waals surface area contributed by atoms with Crippen molar-refractivity contribution in [1.29, 1.82) is 0 Å². The van der Waals surface area contributed by atoms with Crippen molar-refractivity contribution in [3.63, 3.8) is 0 Å². The molecule has 0 saturated carbocycles. The molecule has 3 nitrogen and oxygen atoms in total. The molecule has 8 heteroatoms. The maximum absolute atomic E-state index is 12.4. The van der Waals surface area contributed by atoms with Crippen molar-refractivity contribution in [3.8, 4) is 0 Å². The van der Waals surface area contributed by atoms with Gasteiger partial charge in [0.05, 0.1) is 11.3 Å². The quantitative estimate of drug-likeness (QED) is 0.743. The lowest BCUT2D eigenvalue weighted by Gasteiger charge is -2.19. The molecule has 0 fully saturated rings. The highest BCUT2D eigenvalue weighted by atomic mass is 35.5. The van der Waals surface area contributed by atoms with Crippen LogP contribution in [0.25, 0.3) is 0 Å². The Hall–Kier alpha value is -0.790. The number of nitrogens with zero attached hydrogens (tertiary/aromatic N) is 1. The predicted molar refractivity (Wildman–Crippen MR) is 76.6 cm³/mol. The van der Waals surface area contributed by atoms with Crippen molar-refractivity contribution < 1.29 is 21.6 Å². The summed E-state index contributed by atoms with van der Waals surface area (Å²) in [7, 11) is -2.08. The van der Waals surface area contributed by atoms with Crippen LogP contribution in [0.1, 0.15) is 18.1 Å². The Kier molecular flexibility index (Phi) is 6.07. The molecule has 0 heterocycles. The summed E-state index contributed by atoms with van der Waals surface area (Å²) in [6, 6.07) is 4.44. The molecule has 0 aromatic heterocycles. The zero-order chi connectivity index (χ0) is 16.3. The summed E-state index contributed by atoms with van der Waals surface area (Å²) >= 11 is 5.59. The van der Waals surface area contributed by atoms with Gasteiger partial charge in [-0.2, -0.15) is 13.2 Å². The first-order chi connectivity index (χ1) is 9.56. The number of alkyl halides is 4. The zero-order valence-corrected chi connectivity index (χ0v) is 13.3. The average Bonchev–Trinajstić information content (AvgIpc) is 2.37. The van der Waals surface area contributed by atoms with E-state index in [0.717, 1.165) is 16.4 Å². The van der Waals surface area contributed by atoms with Gasteiger partial charge in [0.2, 0.25) is 10.0 Å². The minimum Gasteiger partial charge on any atom is -0.212 e. The smallest absolute Gasteiger partial charge is 0.212 e. The summed E-state index contributed by atoms with van der Waals surface area (Å²) in [6.45, 7) is 1.74. The van der Waals surface area contributed by atoms with Gasteiger partial charge < -0.3 is 0 Å². The fraction of sp³-hybridized carbons (Fsp3) is 0.538. The number of rotatable bonds is 6. The highest BCUT2D eigenvalue weighted by Crippen LogP contribution is 2.29. The standard InChI is InChI=1S/C13H17ClF3NO2S/c1-10(7-14)9-21(19,20)18(2)8-11-3-5-12(6-4-11)13(15,16)17/h3-6,10H,7-9H2,1-2H3. The van der Waals surface area contributed by atoms with Crippen LogP contribution < -0.4 is 0 Å². The zero-order valence-electron chi connectivity index (χ0n) is 11.7. The molecule has 1 aromatic carbocycles. The third-order valence-corrected chi connectivity index (χ3v) is 5.52. The van der Waals surface area contributed by atoms with Crippen LogP contribution in [0.5, 0.6) is 0 Å². The Balaban J connectivity index is 2.77. The van der Waals surface area contributed by atoms with Crippen LogP contribution in [-0.4, -0.2) is 31.4 Å². The molecule has 1 atom stereocenters. The van der Waals surface area contributed by atoms with Crippen LogP contribution >= 0.6 is 11.6 Å². The third kappa shape index (κ3) is 5.48. The van der Waals surface area contributed by atoms with E-state index in [2.05, 4.69) is 0 Å². The van der Waals surface area contributed by atoms with Crippen molar-refractivity contribution in [3.05, 3.63) is 35.4 Å². The first-order valence-corrected chi connectivity index (χ1v) is 8.36. The normalized spacial score (nSPS) is 14.4. The summed E-state index contributed by atoms with van der Waals surface area (Å²) in [5.74, 6) is -0.0484. The fourth-order valence-electron chi connectivity index (χ4n) is 1.69. The van der Waals surface area contributed by atoms with E-state index in [0.29, 0.717) is 5.56 Å². The lowest BCUT2D eigenvalue weighted by molar-refractivity contribution is -0.137. The minimum atomic E-state index is -4.40. The summed E-state index contributed by atoms with van der Waals surface area (Å²) in [4.78, 5) is 0. The molecule has 0 radical (unpaired) electrons. The molecular formula is C13H17ClF3NO2S. The van der Waals surface area contributed by atoms with E-state index in [9.17, 15) is 21.6 Å². The number of hydrogen-bond acceptors (Lipinski definition) is 2. The van der Waals surface area contributed by atoms with Gasteiger partial charge in [-0.1, -0.05) is 19.1 Å². The van der Waals surface area contributed by atoms with E-state index < -0.39 is 21.8 Å². The molecule has 0 aliphatic heterocycles. The summed E-state index contributed by atoms with van der Waals surface area (Å²) in [6.07, 6.45) is -4.40. The molecule has 21 heavy (non-hydrogen) atoms. The second-order valence-corrected chi connectivity index (χ2v) is 7.42. The van der Waals surface area contributed by atoms with Gasteiger partial charge in [-0.3, -0.25) is 0 Å². The predicted octanol–water partition coefficient (Wildman–Crippen LogP) is 3.34. The summed E-state index contributed by atoms with van der Waals surface area (Å²) < 4.78 is 62.5. The molecular weight excluding hydrogens is 327 g/mol. The van der Waals surface area contributed by atoms with Gasteiger partial charge in [-0.05, 0) is 23.6 Å². The van der Waals surface area contributed by atoms with E-state index in [1.807, 2.05) is 0 Å². The number of benzene rings is 1. The van der Waals surface area contributed by atoms with Crippen LogP contribution in [0.15, 0.2) is 24.3 Å². The summed E-state index contributed by atoms with van der Waals surface area (Å²) in [5, 5.41) is 0. The monoisotopic (exact) mass is 343 g/mol. The van der Waals surface area contributed by atoms with Crippen molar-refractivity contribution in [2.45, 2.75) is 19.6 Å². The molecule has 0 spiro atoms. The lowest BCUT2D eigenvalue weighted by atomic mass is 10.1. The fourth-order valence-corrected chi connectivity index (χ4v) is 3.36. The molecule has 0 aliphatic carbocycles. The maximum atomic E-state index is 12.4. The summed E-state index contributed by atoms with van der Waals surface area (Å²) in [5.41, 5.74) is -0.264. The van der Waals surface area contributed by atoms with Crippen LogP contribution in [0, 0.1) is 5.92 Å². The van der Waals surface area contributed by atoms with Gasteiger partial charge in [0.15, 0.2) is 0 Å². The van der Waals surface area contributed by atoms with Gasteiger partial charge in [-0.15, -0.1) is 11.6 Å². The van der Waals surface area contributed by atoms with E-state index in [4.69, 9.17) is 11.6 Å². The van der Waals surface area contributed by atoms with Gasteiger partial charge >= 0.3 is 6.18 Å². The first kappa shape index (κ1) is 18.3. The van der Waals surface area contributed by atoms with E-state index in [1.54, 1.807) is 6.92 Å². The Labute approximate surface area is 127 Å². The number of halogens is 4. The van der Waals surface area contributed by atoms with E-state index in [-0.39, 0.29) is 24.1 Å². The Morgan fingerprint density at radius 3 is 2.19 bits per heavy atom. The van der Waals surface area contributed by atoms with Crippen molar-refractivity contribution in [1.82, 2.24) is 4.31 Å². The van der Waals surface area contributed by atoms with Crippen LogP contribution in [-0.2, 0) is 22.7 Å². The first-order valence-electron chi connectivity index (χ1n) is 6.22. The van der Waals surface area contributed by atoms with Gasteiger partial charge in [0.25, 0.3) is 0 Å². The average molecular weight is 344 g/mol. The van der Waals surface area contributed by atoms with Crippen molar-refractivity contribution in [2.75, 3.05) is 18.7 Å². The maximum Gasteiger partial charge on any atom is 0.416 e. The molecule has 1 rings (SSSR count). The number of sulfonamides is 1. The Morgan fingerprint density at radius 2 is 1.76 bits per heavy atom. The Morgan fingerprint density at radius 1 is 1.24 bits per heavy atom. The third-order valence-electron chi connectivity index (χ3n) is 2.92. The molecule has 1 unspecified atom stereocenters. The second kappa shape index (κ2) is 6.98. The molecule has 0 bridgehead atoms. The van der Waals surface area contributed by atoms with Crippen LogP contribution in [0.3, 0.4) is 0 Å². The van der Waals surface area contributed by atoms with Gasteiger partial charge in [0, 0.05) is 19.5 Å². The van der Waals surface area contributed by atoms with Crippen molar-refractivity contribution >= 4 is 21.6 Å². The van der Waals surface area contributed by atoms with E-state index in [1.165, 1.54) is 19.2 Å². The lowest BCUT2D eigenvalue weighted by Crippen LogP contribution is -2.31. The SMILES string of the molecule is CC(CCl)CS(=O)(=O)N(C)Cc1ccc(C(F)(F)F)cc1. The molecule has 120 valence electrons. The molecule has 0 N–H and O–H groups in total. The van der Waals surface area contributed by atoms with Crippen LogP contribution in [0.2, 0.25) is 0 Å². The van der Waals surface area contributed by atoms with E-state index >= 15 is 0 Å². The topological polar surface area (TPSA) is 37.4 Å². The van der Waals surface area contributed by atoms with Crippen LogP contribution in [0.4, 0.5) is 13.2 Å². The van der Waals surface area contributed by atoms with Gasteiger partial charge in [-0.25, -0.2) is 12.7 Å². The second-order valence-electron chi connectivity index (χ2n) is 4.99. The minimum absolute atomic E-state index is 0.0233. The van der Waals surface area contributed by atoms with Gasteiger partial charge in [0.1, 0.15) is 0 Å². The Bertz CT molecular complexity index is 558.